The van der Waals surface area contributed by atoms with Crippen molar-refractivity contribution >= 4 is 11.7 Å². The maximum Gasteiger partial charge on any atom is 0.310 e. The number of aromatic nitrogens is 1. The number of nitrogens with two attached hydrogens (primary N) is 1. The number of nitrogens with zero attached hydrogens (tertiary/aromatic N) is 1. The molecule has 15 heavy (non-hydrogen) atoms. The number of nitrogen functional groups attached to an aromatic ring is 1. The summed E-state index contributed by atoms with van der Waals surface area (Å²) in [7, 11) is 0. The first-order chi connectivity index (χ1) is 6.83. The quantitative estimate of drug-likeness (QED) is 0.762. The fraction of sp³-hybridized carbons (Fsp3) is 0.400. The van der Waals surface area contributed by atoms with Crippen LogP contribution in [-0.2, 0) is 11.3 Å². The van der Waals surface area contributed by atoms with Crippen LogP contribution in [0.3, 0.4) is 0 Å². The Kier molecular flexibility index (Phi) is 2.83. The van der Waals surface area contributed by atoms with Gasteiger partial charge >= 0.3 is 5.97 Å². The van der Waals surface area contributed by atoms with Crippen molar-refractivity contribution < 1.29 is 9.90 Å². The molecule has 0 amide bonds. The first-order valence-corrected chi connectivity index (χ1v) is 4.52. The van der Waals surface area contributed by atoms with Crippen LogP contribution >= 0.6 is 0 Å². The van der Waals surface area contributed by atoms with Crippen LogP contribution in [0.1, 0.15) is 13.8 Å². The van der Waals surface area contributed by atoms with Gasteiger partial charge in [-0.05, 0) is 19.9 Å². The summed E-state index contributed by atoms with van der Waals surface area (Å²) >= 11 is 0. The molecule has 0 atom stereocenters. The topological polar surface area (TPSA) is 85.3 Å². The SMILES string of the molecule is CC(C)(Cn1cc(N)ccc1=O)C(=O)O. The minimum atomic E-state index is -0.988. The molecule has 3 N–H and O–H groups in total. The highest BCUT2D eigenvalue weighted by Gasteiger charge is 2.27. The van der Waals surface area contributed by atoms with Crippen LogP contribution in [0, 0.1) is 5.41 Å². The van der Waals surface area contributed by atoms with E-state index in [1.54, 1.807) is 13.8 Å². The molecule has 0 saturated heterocycles. The van der Waals surface area contributed by atoms with Gasteiger partial charge in [-0.1, -0.05) is 0 Å². The zero-order valence-electron chi connectivity index (χ0n) is 8.73. The molecule has 0 fully saturated rings. The second kappa shape index (κ2) is 3.76. The zero-order chi connectivity index (χ0) is 11.6. The molecule has 0 radical (unpaired) electrons. The molecule has 0 bridgehead atoms. The van der Waals surface area contributed by atoms with E-state index in [-0.39, 0.29) is 12.1 Å². The summed E-state index contributed by atoms with van der Waals surface area (Å²) in [5.41, 5.74) is 4.72. The van der Waals surface area contributed by atoms with Gasteiger partial charge in [0.05, 0.1) is 5.41 Å². The zero-order valence-corrected chi connectivity index (χ0v) is 8.73. The lowest BCUT2D eigenvalue weighted by Crippen LogP contribution is -2.33. The van der Waals surface area contributed by atoms with Gasteiger partial charge in [0.1, 0.15) is 0 Å². The Hall–Kier alpha value is -1.78. The fourth-order valence-electron chi connectivity index (χ4n) is 1.17. The Morgan fingerprint density at radius 1 is 1.53 bits per heavy atom. The molecule has 0 spiro atoms. The number of aliphatic carboxylic acids is 1. The number of pyridine rings is 1. The van der Waals surface area contributed by atoms with Gasteiger partial charge in [0.25, 0.3) is 5.56 Å². The van der Waals surface area contributed by atoms with Crippen molar-refractivity contribution in [2.75, 3.05) is 5.73 Å². The molecule has 0 aromatic carbocycles. The molecule has 1 aromatic heterocycles. The van der Waals surface area contributed by atoms with Gasteiger partial charge in [0.2, 0.25) is 0 Å². The van der Waals surface area contributed by atoms with E-state index in [0.717, 1.165) is 0 Å². The van der Waals surface area contributed by atoms with E-state index in [2.05, 4.69) is 0 Å². The number of rotatable bonds is 3. The van der Waals surface area contributed by atoms with Gasteiger partial charge in [-0.3, -0.25) is 9.59 Å². The highest BCUT2D eigenvalue weighted by Crippen LogP contribution is 2.17. The molecule has 0 saturated carbocycles. The molecule has 82 valence electrons. The van der Waals surface area contributed by atoms with Gasteiger partial charge in [0, 0.05) is 24.5 Å². The average Bonchev–Trinajstić information content (AvgIpc) is 2.10. The third kappa shape index (κ3) is 2.59. The lowest BCUT2D eigenvalue weighted by Gasteiger charge is -2.20. The normalized spacial score (nSPS) is 11.3. The van der Waals surface area contributed by atoms with Crippen LogP contribution in [0.25, 0.3) is 0 Å². The van der Waals surface area contributed by atoms with E-state index in [9.17, 15) is 9.59 Å². The fourth-order valence-corrected chi connectivity index (χ4v) is 1.17. The molecule has 1 heterocycles. The number of hydrogen-bond donors (Lipinski definition) is 2. The Balaban J connectivity index is 3.04. The number of anilines is 1. The van der Waals surface area contributed by atoms with Crippen molar-refractivity contribution in [2.45, 2.75) is 20.4 Å². The number of carbonyl (C=O) groups is 1. The molecule has 5 heteroatoms. The highest BCUT2D eigenvalue weighted by molar-refractivity contribution is 5.73. The van der Waals surface area contributed by atoms with Crippen LogP contribution in [0.5, 0.6) is 0 Å². The van der Waals surface area contributed by atoms with Crippen LogP contribution in [0.15, 0.2) is 23.1 Å². The number of hydrogen-bond acceptors (Lipinski definition) is 3. The van der Waals surface area contributed by atoms with Gasteiger partial charge in [-0.15, -0.1) is 0 Å². The molecular formula is C10H14N2O3. The average molecular weight is 210 g/mol. The Bertz CT molecular complexity index is 435. The van der Waals surface area contributed by atoms with Crippen LogP contribution in [0.2, 0.25) is 0 Å². The summed E-state index contributed by atoms with van der Waals surface area (Å²) in [6.07, 6.45) is 1.45. The van der Waals surface area contributed by atoms with E-state index < -0.39 is 11.4 Å². The molecule has 1 aromatic rings. The number of carboxylic acids is 1. The first-order valence-electron chi connectivity index (χ1n) is 4.52. The first kappa shape index (κ1) is 11.3. The van der Waals surface area contributed by atoms with E-state index in [0.29, 0.717) is 5.69 Å². The second-order valence-electron chi connectivity index (χ2n) is 4.12. The van der Waals surface area contributed by atoms with Crippen LogP contribution in [0.4, 0.5) is 5.69 Å². The van der Waals surface area contributed by atoms with E-state index in [1.807, 2.05) is 0 Å². The van der Waals surface area contributed by atoms with Crippen molar-refractivity contribution in [3.63, 3.8) is 0 Å². The monoisotopic (exact) mass is 210 g/mol. The smallest absolute Gasteiger partial charge is 0.310 e. The molecule has 1 rings (SSSR count). The van der Waals surface area contributed by atoms with Gasteiger partial charge in [-0.2, -0.15) is 0 Å². The summed E-state index contributed by atoms with van der Waals surface area (Å²) in [5, 5.41) is 8.92. The Morgan fingerprint density at radius 2 is 2.13 bits per heavy atom. The summed E-state index contributed by atoms with van der Waals surface area (Å²) in [6, 6.07) is 2.82. The molecule has 5 nitrogen and oxygen atoms in total. The lowest BCUT2D eigenvalue weighted by atomic mass is 9.94. The minimum absolute atomic E-state index is 0.103. The van der Waals surface area contributed by atoms with Gasteiger partial charge in [-0.25, -0.2) is 0 Å². The molecule has 0 aliphatic heterocycles. The maximum absolute atomic E-state index is 11.4. The summed E-state index contributed by atoms with van der Waals surface area (Å²) in [4.78, 5) is 22.3. The molecular weight excluding hydrogens is 196 g/mol. The van der Waals surface area contributed by atoms with Crippen LogP contribution in [-0.4, -0.2) is 15.6 Å². The summed E-state index contributed by atoms with van der Waals surface area (Å²) in [6.45, 7) is 3.22. The lowest BCUT2D eigenvalue weighted by molar-refractivity contribution is -0.147. The molecule has 0 aliphatic rings. The van der Waals surface area contributed by atoms with Gasteiger partial charge < -0.3 is 15.4 Å². The third-order valence-corrected chi connectivity index (χ3v) is 2.15. The Labute approximate surface area is 87.1 Å². The number of carboxylic acid groups (broad SMARTS) is 1. The highest BCUT2D eigenvalue weighted by atomic mass is 16.4. The summed E-state index contributed by atoms with van der Waals surface area (Å²) < 4.78 is 1.31. The maximum atomic E-state index is 11.4. The summed E-state index contributed by atoms with van der Waals surface area (Å²) in [5.74, 6) is -0.947. The predicted molar refractivity (Wildman–Crippen MR) is 56.5 cm³/mol. The van der Waals surface area contributed by atoms with E-state index >= 15 is 0 Å². The predicted octanol–water partition coefficient (Wildman–Crippen LogP) is 0.541. The van der Waals surface area contributed by atoms with Crippen LogP contribution < -0.4 is 11.3 Å². The second-order valence-corrected chi connectivity index (χ2v) is 4.12. The minimum Gasteiger partial charge on any atom is -0.481 e. The van der Waals surface area contributed by atoms with Crippen molar-refractivity contribution in [3.05, 3.63) is 28.7 Å². The van der Waals surface area contributed by atoms with Crippen molar-refractivity contribution in [1.29, 1.82) is 0 Å². The van der Waals surface area contributed by atoms with E-state index in [4.69, 9.17) is 10.8 Å². The standard InChI is InChI=1S/C10H14N2O3/c1-10(2,9(14)15)6-12-5-7(11)3-4-8(12)13/h3-5H,6,11H2,1-2H3,(H,14,15). The molecule has 0 unspecified atom stereocenters. The van der Waals surface area contributed by atoms with Crippen molar-refractivity contribution in [1.82, 2.24) is 4.57 Å². The van der Waals surface area contributed by atoms with E-state index in [1.165, 1.54) is 22.9 Å². The largest absolute Gasteiger partial charge is 0.481 e. The van der Waals surface area contributed by atoms with Crippen molar-refractivity contribution in [3.8, 4) is 0 Å². The molecule has 0 aliphatic carbocycles. The van der Waals surface area contributed by atoms with Gasteiger partial charge in [0.15, 0.2) is 0 Å². The third-order valence-electron chi connectivity index (χ3n) is 2.15. The van der Waals surface area contributed by atoms with Crippen molar-refractivity contribution in [2.24, 2.45) is 5.41 Å². The Morgan fingerprint density at radius 3 is 2.67 bits per heavy atom.